The second-order valence-electron chi connectivity index (χ2n) is 6.94. The Morgan fingerprint density at radius 2 is 1.97 bits per heavy atom. The molecule has 0 bridgehead atoms. The molecule has 0 aliphatic heterocycles. The zero-order valence-corrected chi connectivity index (χ0v) is 19.8. The van der Waals surface area contributed by atoms with Gasteiger partial charge in [0.25, 0.3) is 11.6 Å². The van der Waals surface area contributed by atoms with Crippen LogP contribution in [0.15, 0.2) is 30.3 Å². The molecule has 0 fully saturated rings. The van der Waals surface area contributed by atoms with E-state index in [4.69, 9.17) is 16.3 Å². The lowest BCUT2D eigenvalue weighted by Crippen LogP contribution is -2.37. The maximum Gasteiger partial charge on any atom is 0.270 e. The van der Waals surface area contributed by atoms with Gasteiger partial charge in [0.1, 0.15) is 11.3 Å². The third-order valence-electron chi connectivity index (χ3n) is 4.55. The fourth-order valence-electron chi connectivity index (χ4n) is 2.90. The highest BCUT2D eigenvalue weighted by atomic mass is 35.5. The Morgan fingerprint density at radius 3 is 2.58 bits per heavy atom. The topological polar surface area (TPSA) is 88.8 Å². The fourth-order valence-corrected chi connectivity index (χ4v) is 4.17. The van der Waals surface area contributed by atoms with E-state index in [1.165, 1.54) is 34.4 Å². The van der Waals surface area contributed by atoms with Crippen LogP contribution in [0.4, 0.5) is 10.8 Å². The number of nitro groups is 1. The molecule has 0 aliphatic rings. The second kappa shape index (κ2) is 10.2. The number of anilines is 1. The van der Waals surface area contributed by atoms with Crippen LogP contribution in [-0.4, -0.2) is 55.0 Å². The minimum Gasteiger partial charge on any atom is -0.494 e. The van der Waals surface area contributed by atoms with Crippen LogP contribution in [0.2, 0.25) is 5.02 Å². The summed E-state index contributed by atoms with van der Waals surface area (Å²) in [6.07, 6.45) is 0. The summed E-state index contributed by atoms with van der Waals surface area (Å²) in [5.41, 5.74) is 1.55. The molecule has 1 heterocycles. The third-order valence-corrected chi connectivity index (χ3v) is 6.09. The molecule has 0 atom stereocenters. The molecule has 0 radical (unpaired) electrons. The van der Waals surface area contributed by atoms with Crippen LogP contribution in [0, 0.1) is 17.0 Å². The largest absolute Gasteiger partial charge is 0.494 e. The van der Waals surface area contributed by atoms with Gasteiger partial charge in [-0.1, -0.05) is 29.0 Å². The van der Waals surface area contributed by atoms with Gasteiger partial charge in [0.05, 0.1) is 27.3 Å². The van der Waals surface area contributed by atoms with Crippen molar-refractivity contribution in [1.29, 1.82) is 0 Å². The molecular formula is C20H22Cl2N4O4S. The van der Waals surface area contributed by atoms with Crippen molar-refractivity contribution in [2.24, 2.45) is 0 Å². The van der Waals surface area contributed by atoms with E-state index in [1.54, 1.807) is 7.11 Å². The van der Waals surface area contributed by atoms with Gasteiger partial charge in [-0.25, -0.2) is 4.98 Å². The van der Waals surface area contributed by atoms with Crippen LogP contribution in [0.1, 0.15) is 15.9 Å². The van der Waals surface area contributed by atoms with Gasteiger partial charge in [0, 0.05) is 25.2 Å². The van der Waals surface area contributed by atoms with Crippen molar-refractivity contribution in [1.82, 2.24) is 9.88 Å². The normalized spacial score (nSPS) is 10.8. The van der Waals surface area contributed by atoms with Crippen molar-refractivity contribution in [3.05, 3.63) is 56.6 Å². The molecule has 1 aromatic heterocycles. The first-order chi connectivity index (χ1) is 14.2. The second-order valence-corrected chi connectivity index (χ2v) is 8.32. The number of aromatic nitrogens is 1. The number of fused-ring (bicyclic) bond motifs is 1. The number of methoxy groups -OCH3 is 1. The number of nitrogens with zero attached hydrogens (tertiary/aromatic N) is 4. The summed E-state index contributed by atoms with van der Waals surface area (Å²) in [5.74, 6) is 0.174. The quantitative estimate of drug-likeness (QED) is 0.353. The number of halogens is 2. The predicted molar refractivity (Wildman–Crippen MR) is 126 cm³/mol. The van der Waals surface area contributed by atoms with Crippen LogP contribution in [0.3, 0.4) is 0 Å². The minimum atomic E-state index is -0.552. The van der Waals surface area contributed by atoms with E-state index in [2.05, 4.69) is 4.98 Å². The number of thiazole rings is 1. The summed E-state index contributed by atoms with van der Waals surface area (Å²) in [6.45, 7) is 2.88. The lowest BCUT2D eigenvalue weighted by atomic mass is 10.1. The monoisotopic (exact) mass is 484 g/mol. The van der Waals surface area contributed by atoms with Crippen LogP contribution < -0.4 is 9.64 Å². The number of benzene rings is 2. The van der Waals surface area contributed by atoms with Gasteiger partial charge in [0.15, 0.2) is 5.13 Å². The number of carbonyl (C=O) groups is 1. The Balaban J connectivity index is 0.00000341. The molecule has 3 aromatic rings. The number of likely N-dealkylation sites (N-methyl/N-ethyl adjacent to an activating group) is 1. The van der Waals surface area contributed by atoms with Gasteiger partial charge in [0.2, 0.25) is 0 Å². The molecule has 0 aliphatic carbocycles. The molecule has 166 valence electrons. The molecule has 0 N–H and O–H groups in total. The highest BCUT2D eigenvalue weighted by Crippen LogP contribution is 2.37. The summed E-state index contributed by atoms with van der Waals surface area (Å²) in [6, 6.07) is 7.61. The minimum absolute atomic E-state index is 0. The number of ether oxygens (including phenoxy) is 1. The molecule has 0 unspecified atom stereocenters. The molecule has 3 rings (SSSR count). The van der Waals surface area contributed by atoms with E-state index < -0.39 is 10.8 Å². The summed E-state index contributed by atoms with van der Waals surface area (Å²) >= 11 is 7.60. The number of rotatable bonds is 7. The first kappa shape index (κ1) is 24.8. The summed E-state index contributed by atoms with van der Waals surface area (Å²) in [7, 11) is 5.37. The lowest BCUT2D eigenvalue weighted by Gasteiger charge is -2.22. The average Bonchev–Trinajstić information content (AvgIpc) is 3.14. The van der Waals surface area contributed by atoms with Crippen molar-refractivity contribution in [3.63, 3.8) is 0 Å². The zero-order chi connectivity index (χ0) is 22.0. The lowest BCUT2D eigenvalue weighted by molar-refractivity contribution is -0.384. The molecule has 0 spiro atoms. The highest BCUT2D eigenvalue weighted by Gasteiger charge is 2.26. The zero-order valence-electron chi connectivity index (χ0n) is 17.4. The van der Waals surface area contributed by atoms with Gasteiger partial charge in [-0.15, -0.1) is 12.4 Å². The SMILES string of the molecule is COc1ccc(C)c2sc(N(CCN(C)C)C(=O)c3cc([N+](=O)[O-])ccc3Cl)nc12.Cl. The van der Waals surface area contributed by atoms with Crippen molar-refractivity contribution >= 4 is 62.3 Å². The number of aryl methyl sites for hydroxylation is 1. The number of non-ortho nitro benzene ring substituents is 1. The first-order valence-electron chi connectivity index (χ1n) is 9.07. The fraction of sp³-hybridized carbons (Fsp3) is 0.300. The summed E-state index contributed by atoms with van der Waals surface area (Å²) in [5, 5.41) is 11.8. The maximum atomic E-state index is 13.4. The Hall–Kier alpha value is -2.46. The molecule has 0 saturated carbocycles. The smallest absolute Gasteiger partial charge is 0.270 e. The van der Waals surface area contributed by atoms with Crippen LogP contribution in [0.5, 0.6) is 5.75 Å². The Bertz CT molecular complexity index is 1120. The molecule has 11 heteroatoms. The number of amides is 1. The Labute approximate surface area is 194 Å². The number of hydrogen-bond acceptors (Lipinski definition) is 7. The Kier molecular flexibility index (Phi) is 8.19. The van der Waals surface area contributed by atoms with Crippen LogP contribution in [0.25, 0.3) is 10.2 Å². The van der Waals surface area contributed by atoms with Gasteiger partial charge >= 0.3 is 0 Å². The van der Waals surface area contributed by atoms with Gasteiger partial charge in [-0.3, -0.25) is 19.8 Å². The first-order valence-corrected chi connectivity index (χ1v) is 10.3. The third kappa shape index (κ3) is 5.24. The molecule has 8 nitrogen and oxygen atoms in total. The van der Waals surface area contributed by atoms with E-state index in [1.807, 2.05) is 38.1 Å². The van der Waals surface area contributed by atoms with Crippen molar-refractivity contribution in [2.45, 2.75) is 6.92 Å². The van der Waals surface area contributed by atoms with E-state index in [0.717, 1.165) is 10.3 Å². The number of hydrogen-bond donors (Lipinski definition) is 0. The highest BCUT2D eigenvalue weighted by molar-refractivity contribution is 7.22. The van der Waals surface area contributed by atoms with Crippen molar-refractivity contribution < 1.29 is 14.5 Å². The molecule has 2 aromatic carbocycles. The van der Waals surface area contributed by atoms with Crippen molar-refractivity contribution in [3.8, 4) is 5.75 Å². The molecule has 0 saturated heterocycles. The van der Waals surface area contributed by atoms with Gasteiger partial charge < -0.3 is 9.64 Å². The van der Waals surface area contributed by atoms with Crippen LogP contribution >= 0.6 is 35.3 Å². The standard InChI is InChI=1S/C20H21ClN4O4S.ClH/c1-12-5-8-16(29-4)17-18(12)30-20(22-17)24(10-9-23(2)3)19(26)14-11-13(25(27)28)6-7-15(14)21;/h5-8,11H,9-10H2,1-4H3;1H. The van der Waals surface area contributed by atoms with Gasteiger partial charge in [-0.05, 0) is 38.7 Å². The Morgan fingerprint density at radius 1 is 1.26 bits per heavy atom. The number of carbonyl (C=O) groups excluding carboxylic acids is 1. The summed E-state index contributed by atoms with van der Waals surface area (Å²) in [4.78, 5) is 32.1. The molecule has 1 amide bonds. The summed E-state index contributed by atoms with van der Waals surface area (Å²) < 4.78 is 6.33. The average molecular weight is 485 g/mol. The predicted octanol–water partition coefficient (Wildman–Crippen LogP) is 4.81. The maximum absolute atomic E-state index is 13.4. The van der Waals surface area contributed by atoms with E-state index in [-0.39, 0.29) is 28.7 Å². The number of nitro benzene ring substituents is 1. The van der Waals surface area contributed by atoms with Crippen LogP contribution in [-0.2, 0) is 0 Å². The molecular weight excluding hydrogens is 463 g/mol. The van der Waals surface area contributed by atoms with E-state index >= 15 is 0 Å². The van der Waals surface area contributed by atoms with Gasteiger partial charge in [-0.2, -0.15) is 0 Å². The van der Waals surface area contributed by atoms with E-state index in [0.29, 0.717) is 29.5 Å². The van der Waals surface area contributed by atoms with Crippen molar-refractivity contribution in [2.75, 3.05) is 39.2 Å². The molecule has 31 heavy (non-hydrogen) atoms. The van der Waals surface area contributed by atoms with E-state index in [9.17, 15) is 14.9 Å².